The molecule has 0 aliphatic rings. The monoisotopic (exact) mass is 271 g/mol. The van der Waals surface area contributed by atoms with E-state index in [0.717, 1.165) is 11.3 Å². The fourth-order valence-corrected chi connectivity index (χ4v) is 1.54. The fourth-order valence-electron chi connectivity index (χ4n) is 1.54. The van der Waals surface area contributed by atoms with Crippen LogP contribution in [-0.4, -0.2) is 15.9 Å². The Morgan fingerprint density at radius 1 is 1.35 bits per heavy atom. The van der Waals surface area contributed by atoms with E-state index >= 15 is 0 Å². The van der Waals surface area contributed by atoms with Gasteiger partial charge in [0.25, 0.3) is 0 Å². The van der Waals surface area contributed by atoms with Gasteiger partial charge in [0.2, 0.25) is 5.82 Å². The summed E-state index contributed by atoms with van der Waals surface area (Å²) in [6.07, 6.45) is 1.42. The average molecular weight is 271 g/mol. The van der Waals surface area contributed by atoms with Gasteiger partial charge in [-0.3, -0.25) is 10.1 Å². The zero-order chi connectivity index (χ0) is 14.5. The summed E-state index contributed by atoms with van der Waals surface area (Å²) in [5.74, 6) is 0.00487. The van der Waals surface area contributed by atoms with Crippen molar-refractivity contribution in [3.63, 3.8) is 0 Å². The summed E-state index contributed by atoms with van der Waals surface area (Å²) in [6, 6.07) is 10.3. The SMILES string of the molecule is Cc1ccc(N/C(N)=N/c2ncccc2[N+](=O)[O-])cc1. The summed E-state index contributed by atoms with van der Waals surface area (Å²) in [6.45, 7) is 1.97. The summed E-state index contributed by atoms with van der Waals surface area (Å²) < 4.78 is 0. The number of hydrogen-bond acceptors (Lipinski definition) is 4. The fraction of sp³-hybridized carbons (Fsp3) is 0.0769. The minimum Gasteiger partial charge on any atom is -0.369 e. The molecule has 2 aromatic rings. The van der Waals surface area contributed by atoms with Crippen molar-refractivity contribution in [3.05, 3.63) is 58.3 Å². The Kier molecular flexibility index (Phi) is 3.90. The number of aryl methyl sites for hydroxylation is 1. The first kappa shape index (κ1) is 13.5. The van der Waals surface area contributed by atoms with E-state index in [1.54, 1.807) is 0 Å². The number of pyridine rings is 1. The van der Waals surface area contributed by atoms with Gasteiger partial charge in [0.1, 0.15) is 0 Å². The second-order valence-corrected chi connectivity index (χ2v) is 4.09. The van der Waals surface area contributed by atoms with Crippen molar-refractivity contribution in [1.29, 1.82) is 0 Å². The van der Waals surface area contributed by atoms with Gasteiger partial charge in [-0.15, -0.1) is 0 Å². The normalized spacial score (nSPS) is 11.2. The minimum atomic E-state index is -0.551. The lowest BCUT2D eigenvalue weighted by atomic mass is 10.2. The highest BCUT2D eigenvalue weighted by Crippen LogP contribution is 2.23. The number of nitro groups is 1. The van der Waals surface area contributed by atoms with Crippen LogP contribution < -0.4 is 11.1 Å². The van der Waals surface area contributed by atoms with Crippen molar-refractivity contribution >= 4 is 23.2 Å². The number of guanidine groups is 1. The van der Waals surface area contributed by atoms with Crippen LogP contribution in [0.5, 0.6) is 0 Å². The molecule has 0 spiro atoms. The van der Waals surface area contributed by atoms with Crippen LogP contribution in [0.1, 0.15) is 5.56 Å². The Hall–Kier alpha value is -2.96. The van der Waals surface area contributed by atoms with E-state index in [1.807, 2.05) is 31.2 Å². The van der Waals surface area contributed by atoms with Gasteiger partial charge in [-0.25, -0.2) is 4.98 Å². The van der Waals surface area contributed by atoms with Gasteiger partial charge in [-0.1, -0.05) is 17.7 Å². The van der Waals surface area contributed by atoms with E-state index < -0.39 is 4.92 Å². The predicted molar refractivity (Wildman–Crippen MR) is 77.0 cm³/mol. The molecule has 0 bridgehead atoms. The highest BCUT2D eigenvalue weighted by molar-refractivity contribution is 5.94. The van der Waals surface area contributed by atoms with Crippen LogP contribution in [0, 0.1) is 17.0 Å². The van der Waals surface area contributed by atoms with Crippen LogP contribution in [0.3, 0.4) is 0 Å². The van der Waals surface area contributed by atoms with Gasteiger partial charge in [-0.2, -0.15) is 4.99 Å². The van der Waals surface area contributed by atoms with E-state index in [0.29, 0.717) is 0 Å². The molecule has 7 nitrogen and oxygen atoms in total. The number of nitrogens with one attached hydrogen (secondary N) is 1. The van der Waals surface area contributed by atoms with E-state index in [9.17, 15) is 10.1 Å². The summed E-state index contributed by atoms with van der Waals surface area (Å²) in [5.41, 5.74) is 7.39. The number of aromatic nitrogens is 1. The van der Waals surface area contributed by atoms with Crippen molar-refractivity contribution in [3.8, 4) is 0 Å². The second-order valence-electron chi connectivity index (χ2n) is 4.09. The predicted octanol–water partition coefficient (Wildman–Crippen LogP) is 2.36. The molecule has 0 radical (unpaired) electrons. The molecule has 0 aliphatic carbocycles. The lowest BCUT2D eigenvalue weighted by molar-refractivity contribution is -0.384. The molecular formula is C13H13N5O2. The third-order valence-electron chi connectivity index (χ3n) is 2.51. The van der Waals surface area contributed by atoms with E-state index in [1.165, 1.54) is 18.3 Å². The molecule has 0 atom stereocenters. The molecule has 7 heteroatoms. The molecule has 0 saturated carbocycles. The zero-order valence-corrected chi connectivity index (χ0v) is 10.8. The molecule has 1 heterocycles. The zero-order valence-electron chi connectivity index (χ0n) is 10.8. The van der Waals surface area contributed by atoms with Gasteiger partial charge in [-0.05, 0) is 25.1 Å². The molecule has 102 valence electrons. The first-order valence-electron chi connectivity index (χ1n) is 5.83. The first-order valence-corrected chi connectivity index (χ1v) is 5.83. The number of rotatable bonds is 3. The van der Waals surface area contributed by atoms with Crippen LogP contribution in [0.15, 0.2) is 47.6 Å². The topological polar surface area (TPSA) is 106 Å². The lowest BCUT2D eigenvalue weighted by Crippen LogP contribution is -2.22. The standard InChI is InChI=1S/C13H13N5O2/c1-9-4-6-10(7-5-9)16-13(14)17-12-11(18(19)20)3-2-8-15-12/h2-8H,1H3,(H3,14,15,16,17). The van der Waals surface area contributed by atoms with Crippen LogP contribution in [0.2, 0.25) is 0 Å². The van der Waals surface area contributed by atoms with Crippen molar-refractivity contribution in [2.45, 2.75) is 6.92 Å². The lowest BCUT2D eigenvalue weighted by Gasteiger charge is -2.05. The number of hydrogen-bond donors (Lipinski definition) is 2. The molecule has 0 fully saturated rings. The maximum atomic E-state index is 10.8. The third-order valence-corrected chi connectivity index (χ3v) is 2.51. The van der Waals surface area contributed by atoms with Crippen molar-refractivity contribution in [2.24, 2.45) is 10.7 Å². The summed E-state index contributed by atoms with van der Waals surface area (Å²) in [7, 11) is 0. The molecule has 0 aliphatic heterocycles. The molecule has 20 heavy (non-hydrogen) atoms. The van der Waals surface area contributed by atoms with Crippen molar-refractivity contribution < 1.29 is 4.92 Å². The largest absolute Gasteiger partial charge is 0.369 e. The van der Waals surface area contributed by atoms with Gasteiger partial charge in [0.05, 0.1) is 4.92 Å². The smallest absolute Gasteiger partial charge is 0.313 e. The maximum absolute atomic E-state index is 10.8. The molecule has 1 aromatic carbocycles. The maximum Gasteiger partial charge on any atom is 0.313 e. The molecular weight excluding hydrogens is 258 g/mol. The van der Waals surface area contributed by atoms with Crippen LogP contribution in [0.4, 0.5) is 17.2 Å². The van der Waals surface area contributed by atoms with Crippen LogP contribution in [0.25, 0.3) is 0 Å². The van der Waals surface area contributed by atoms with Gasteiger partial charge < -0.3 is 11.1 Å². The number of anilines is 1. The van der Waals surface area contributed by atoms with Crippen molar-refractivity contribution in [1.82, 2.24) is 4.98 Å². The third kappa shape index (κ3) is 3.29. The summed E-state index contributed by atoms with van der Waals surface area (Å²) >= 11 is 0. The van der Waals surface area contributed by atoms with E-state index in [4.69, 9.17) is 5.73 Å². The molecule has 1 aromatic heterocycles. The minimum absolute atomic E-state index is 0.0328. The Balaban J connectivity index is 2.22. The van der Waals surface area contributed by atoms with Crippen LogP contribution in [-0.2, 0) is 0 Å². The Morgan fingerprint density at radius 3 is 2.70 bits per heavy atom. The number of nitrogens with zero attached hydrogens (tertiary/aromatic N) is 3. The Bertz CT molecular complexity index is 652. The van der Waals surface area contributed by atoms with E-state index in [2.05, 4.69) is 15.3 Å². The summed E-state index contributed by atoms with van der Waals surface area (Å²) in [4.78, 5) is 18.1. The summed E-state index contributed by atoms with van der Waals surface area (Å²) in [5, 5.41) is 13.7. The van der Waals surface area contributed by atoms with E-state index in [-0.39, 0.29) is 17.5 Å². The molecule has 0 saturated heterocycles. The first-order chi connectivity index (χ1) is 9.56. The number of benzene rings is 1. The van der Waals surface area contributed by atoms with Gasteiger partial charge in [0.15, 0.2) is 5.96 Å². The highest BCUT2D eigenvalue weighted by atomic mass is 16.6. The quantitative estimate of drug-likeness (QED) is 0.385. The average Bonchev–Trinajstić information content (AvgIpc) is 2.41. The Morgan fingerprint density at radius 2 is 2.05 bits per heavy atom. The van der Waals surface area contributed by atoms with Gasteiger partial charge in [0, 0.05) is 18.0 Å². The molecule has 0 unspecified atom stereocenters. The number of nitrogens with two attached hydrogens (primary N) is 1. The molecule has 0 amide bonds. The van der Waals surface area contributed by atoms with Crippen LogP contribution >= 0.6 is 0 Å². The number of aliphatic imine (C=N–C) groups is 1. The molecule has 3 N–H and O–H groups in total. The van der Waals surface area contributed by atoms with Gasteiger partial charge >= 0.3 is 5.69 Å². The highest BCUT2D eigenvalue weighted by Gasteiger charge is 2.13. The van der Waals surface area contributed by atoms with Crippen molar-refractivity contribution in [2.75, 3.05) is 5.32 Å². The Labute approximate surface area is 115 Å². The molecule has 2 rings (SSSR count). The second kappa shape index (κ2) is 5.79.